The summed E-state index contributed by atoms with van der Waals surface area (Å²) in [6.45, 7) is 11.5. The van der Waals surface area contributed by atoms with Crippen LogP contribution < -0.4 is 10.2 Å². The van der Waals surface area contributed by atoms with Crippen molar-refractivity contribution >= 4 is 5.69 Å². The van der Waals surface area contributed by atoms with E-state index >= 15 is 0 Å². The molecule has 0 spiro atoms. The van der Waals surface area contributed by atoms with Crippen molar-refractivity contribution in [1.29, 1.82) is 0 Å². The van der Waals surface area contributed by atoms with E-state index < -0.39 is 0 Å². The molecule has 4 heteroatoms. The Balaban J connectivity index is 2.93. The minimum absolute atomic E-state index is 0.371. The molecule has 1 aromatic heterocycles. The smallest absolute Gasteiger partial charge is 0.131 e. The first kappa shape index (κ1) is 15.9. The largest absolute Gasteiger partial charge is 0.372 e. The highest BCUT2D eigenvalue weighted by molar-refractivity contribution is 5.48. The van der Waals surface area contributed by atoms with Gasteiger partial charge in [-0.3, -0.25) is 0 Å². The molecule has 1 rings (SSSR count). The second-order valence-electron chi connectivity index (χ2n) is 5.31. The number of hydrogen-bond acceptors (Lipinski definition) is 4. The van der Waals surface area contributed by atoms with Crippen molar-refractivity contribution in [2.45, 2.75) is 53.0 Å². The lowest BCUT2D eigenvalue weighted by atomic mass is 10.2. The minimum Gasteiger partial charge on any atom is -0.372 e. The zero-order chi connectivity index (χ0) is 14.3. The standard InChI is InChI=1S/C15H28N4/c1-6-8-16-10-13-14(19(5)9-7-2)11-17-15(18-13)12(3)4/h11-12,16H,6-10H2,1-5H3. The molecule has 1 heterocycles. The summed E-state index contributed by atoms with van der Waals surface area (Å²) in [4.78, 5) is 11.5. The lowest BCUT2D eigenvalue weighted by Crippen LogP contribution is -2.24. The second-order valence-corrected chi connectivity index (χ2v) is 5.31. The van der Waals surface area contributed by atoms with E-state index in [1.54, 1.807) is 0 Å². The maximum atomic E-state index is 4.73. The highest BCUT2D eigenvalue weighted by Gasteiger charge is 2.12. The van der Waals surface area contributed by atoms with Gasteiger partial charge in [-0.05, 0) is 19.4 Å². The van der Waals surface area contributed by atoms with Crippen molar-refractivity contribution < 1.29 is 0 Å². The van der Waals surface area contributed by atoms with Gasteiger partial charge in [-0.25, -0.2) is 9.97 Å². The number of anilines is 1. The third-order valence-corrected chi connectivity index (χ3v) is 3.07. The van der Waals surface area contributed by atoms with Crippen LogP contribution in [0.5, 0.6) is 0 Å². The zero-order valence-electron chi connectivity index (χ0n) is 13.0. The summed E-state index contributed by atoms with van der Waals surface area (Å²) >= 11 is 0. The van der Waals surface area contributed by atoms with Crippen LogP contribution >= 0.6 is 0 Å². The predicted molar refractivity (Wildman–Crippen MR) is 81.7 cm³/mol. The quantitative estimate of drug-likeness (QED) is 0.733. The first-order chi connectivity index (χ1) is 9.10. The van der Waals surface area contributed by atoms with Gasteiger partial charge < -0.3 is 10.2 Å². The molecule has 0 amide bonds. The molecule has 4 nitrogen and oxygen atoms in total. The summed E-state index contributed by atoms with van der Waals surface area (Å²) in [5.41, 5.74) is 2.26. The maximum Gasteiger partial charge on any atom is 0.131 e. The average molecular weight is 264 g/mol. The molecule has 0 unspecified atom stereocenters. The molecule has 0 atom stereocenters. The fourth-order valence-corrected chi connectivity index (χ4v) is 1.99. The van der Waals surface area contributed by atoms with Gasteiger partial charge >= 0.3 is 0 Å². The van der Waals surface area contributed by atoms with Crippen LogP contribution in [0.1, 0.15) is 58.0 Å². The van der Waals surface area contributed by atoms with E-state index in [1.165, 1.54) is 0 Å². The third kappa shape index (κ3) is 4.78. The second kappa shape index (κ2) is 8.10. The molecule has 1 N–H and O–H groups in total. The Kier molecular flexibility index (Phi) is 6.78. The summed E-state index contributed by atoms with van der Waals surface area (Å²) in [5.74, 6) is 1.30. The van der Waals surface area contributed by atoms with E-state index in [4.69, 9.17) is 4.98 Å². The minimum atomic E-state index is 0.371. The number of aromatic nitrogens is 2. The molecule has 0 saturated carbocycles. The van der Waals surface area contributed by atoms with Gasteiger partial charge in [0.25, 0.3) is 0 Å². The molecule has 0 aromatic carbocycles. The molecule has 0 aliphatic carbocycles. The Morgan fingerprint density at radius 1 is 1.26 bits per heavy atom. The highest BCUT2D eigenvalue weighted by atomic mass is 15.1. The molecule has 0 fully saturated rings. The first-order valence-electron chi connectivity index (χ1n) is 7.37. The van der Waals surface area contributed by atoms with E-state index in [1.807, 2.05) is 6.20 Å². The topological polar surface area (TPSA) is 41.1 Å². The third-order valence-electron chi connectivity index (χ3n) is 3.07. The average Bonchev–Trinajstić information content (AvgIpc) is 2.39. The Bertz CT molecular complexity index is 376. The molecule has 1 aromatic rings. The lowest BCUT2D eigenvalue weighted by molar-refractivity contribution is 0.649. The van der Waals surface area contributed by atoms with E-state index in [0.29, 0.717) is 5.92 Å². The number of nitrogens with one attached hydrogen (secondary N) is 1. The SMILES string of the molecule is CCCNCc1nc(C(C)C)ncc1N(C)CCC. The fraction of sp³-hybridized carbons (Fsp3) is 0.733. The molecule has 0 radical (unpaired) electrons. The van der Waals surface area contributed by atoms with Gasteiger partial charge in [0.2, 0.25) is 0 Å². The summed E-state index contributed by atoms with van der Waals surface area (Å²) in [7, 11) is 2.11. The van der Waals surface area contributed by atoms with E-state index in [9.17, 15) is 0 Å². The molecule has 0 aliphatic rings. The van der Waals surface area contributed by atoms with Crippen LogP contribution in [-0.2, 0) is 6.54 Å². The monoisotopic (exact) mass is 264 g/mol. The van der Waals surface area contributed by atoms with Gasteiger partial charge in [-0.15, -0.1) is 0 Å². The van der Waals surface area contributed by atoms with Crippen LogP contribution in [0.2, 0.25) is 0 Å². The Labute approximate surface area is 117 Å². The zero-order valence-corrected chi connectivity index (χ0v) is 13.0. The van der Waals surface area contributed by atoms with Gasteiger partial charge in [-0.2, -0.15) is 0 Å². The summed E-state index contributed by atoms with van der Waals surface area (Å²) in [6.07, 6.45) is 4.24. The van der Waals surface area contributed by atoms with Crippen molar-refractivity contribution in [3.05, 3.63) is 17.7 Å². The predicted octanol–water partition coefficient (Wildman–Crippen LogP) is 2.95. The lowest BCUT2D eigenvalue weighted by Gasteiger charge is -2.22. The van der Waals surface area contributed by atoms with Gasteiger partial charge in [0.1, 0.15) is 5.82 Å². The molecule has 0 aliphatic heterocycles. The molecular formula is C15H28N4. The van der Waals surface area contributed by atoms with Crippen molar-refractivity contribution in [3.8, 4) is 0 Å². The number of nitrogens with zero attached hydrogens (tertiary/aromatic N) is 3. The molecule has 0 bridgehead atoms. The normalized spacial score (nSPS) is 11.1. The van der Waals surface area contributed by atoms with Crippen molar-refractivity contribution in [2.24, 2.45) is 0 Å². The van der Waals surface area contributed by atoms with Crippen LogP contribution in [0.3, 0.4) is 0 Å². The highest BCUT2D eigenvalue weighted by Crippen LogP contribution is 2.19. The molecular weight excluding hydrogens is 236 g/mol. The van der Waals surface area contributed by atoms with Crippen LogP contribution in [0, 0.1) is 0 Å². The van der Waals surface area contributed by atoms with Crippen LogP contribution in [0.25, 0.3) is 0 Å². The number of rotatable bonds is 8. The Morgan fingerprint density at radius 3 is 2.58 bits per heavy atom. The van der Waals surface area contributed by atoms with Gasteiger partial charge in [0, 0.05) is 26.1 Å². The molecule has 19 heavy (non-hydrogen) atoms. The summed E-state index contributed by atoms with van der Waals surface area (Å²) < 4.78 is 0. The Morgan fingerprint density at radius 2 is 2.00 bits per heavy atom. The van der Waals surface area contributed by atoms with Gasteiger partial charge in [0.15, 0.2) is 0 Å². The van der Waals surface area contributed by atoms with Crippen LogP contribution in [-0.4, -0.2) is 30.1 Å². The van der Waals surface area contributed by atoms with Crippen LogP contribution in [0.15, 0.2) is 6.20 Å². The van der Waals surface area contributed by atoms with Crippen molar-refractivity contribution in [3.63, 3.8) is 0 Å². The molecule has 108 valence electrons. The van der Waals surface area contributed by atoms with E-state index in [2.05, 4.69) is 49.9 Å². The first-order valence-corrected chi connectivity index (χ1v) is 7.37. The van der Waals surface area contributed by atoms with E-state index in [0.717, 1.165) is 49.7 Å². The van der Waals surface area contributed by atoms with Crippen molar-refractivity contribution in [1.82, 2.24) is 15.3 Å². The van der Waals surface area contributed by atoms with Crippen molar-refractivity contribution in [2.75, 3.05) is 25.0 Å². The fourth-order valence-electron chi connectivity index (χ4n) is 1.99. The Hall–Kier alpha value is -1.16. The summed E-state index contributed by atoms with van der Waals surface area (Å²) in [6, 6.07) is 0. The number of hydrogen-bond donors (Lipinski definition) is 1. The van der Waals surface area contributed by atoms with Gasteiger partial charge in [-0.1, -0.05) is 27.7 Å². The van der Waals surface area contributed by atoms with Gasteiger partial charge in [0.05, 0.1) is 17.6 Å². The van der Waals surface area contributed by atoms with Crippen LogP contribution in [0.4, 0.5) is 5.69 Å². The summed E-state index contributed by atoms with van der Waals surface area (Å²) in [5, 5.41) is 3.44. The molecule has 0 saturated heterocycles. The van der Waals surface area contributed by atoms with E-state index in [-0.39, 0.29) is 0 Å². The maximum absolute atomic E-state index is 4.73.